The highest BCUT2D eigenvalue weighted by Crippen LogP contribution is 2.13. The van der Waals surface area contributed by atoms with E-state index < -0.39 is 35.8 Å². The molecule has 0 radical (unpaired) electrons. The number of carboxylic acid groups (broad SMARTS) is 1. The van der Waals surface area contributed by atoms with E-state index in [0.29, 0.717) is 70.6 Å². The normalized spacial score (nSPS) is 21.4. The Kier molecular flexibility index (Phi) is 17.8. The molecule has 0 unspecified atom stereocenters. The van der Waals surface area contributed by atoms with Crippen LogP contribution in [-0.2, 0) is 41.7 Å². The molecule has 14 nitrogen and oxygen atoms in total. The van der Waals surface area contributed by atoms with Crippen molar-refractivity contribution in [2.75, 3.05) is 45.9 Å². The highest BCUT2D eigenvalue weighted by molar-refractivity contribution is 5.99. The summed E-state index contributed by atoms with van der Waals surface area (Å²) >= 11 is 0. The average Bonchev–Trinajstić information content (AvgIpc) is 3.13. The molecule has 284 valence electrons. The highest BCUT2D eigenvalue weighted by atomic mass is 16.5. The SMILES string of the molecule is CC(C)C[C@@H]1NC(=O)[C@@H](Cc2ccccc2)NC(=O)c2ccc(cc2)CN(C(=O)CCN2CCOCC2)CCCCNC(=O)[C@@H](C)NC1=O.O=CO. The standard InChI is InChI=1S/C37H52N6O6.CH2O2/c1-26(2)23-31-36(47)39-27(3)34(45)38-16-7-8-17-43(33(44)15-18-42-19-21-49-22-20-42)25-29-11-13-30(14-12-29)35(46)40-32(37(48)41-31)24-28-9-5-4-6-10-28;2-1-3/h4-6,9-14,26-27,31-32H,7-8,15-25H2,1-3H3,(H,38,45)(H,39,47)(H,40,46)(H,41,48);1H,(H,2,3)/t27-,31+,32-;/m1./s1. The zero-order chi connectivity index (χ0) is 37.9. The van der Waals surface area contributed by atoms with Gasteiger partial charge in [0.2, 0.25) is 23.6 Å². The minimum Gasteiger partial charge on any atom is -0.483 e. The lowest BCUT2D eigenvalue weighted by Gasteiger charge is -2.28. The summed E-state index contributed by atoms with van der Waals surface area (Å²) in [5.74, 6) is -1.62. The Hall–Kier alpha value is -4.82. The number of rotatable bonds is 7. The van der Waals surface area contributed by atoms with Crippen LogP contribution in [0.5, 0.6) is 0 Å². The predicted octanol–water partition coefficient (Wildman–Crippen LogP) is 1.73. The molecule has 5 N–H and O–H groups in total. The summed E-state index contributed by atoms with van der Waals surface area (Å²) in [5, 5.41) is 18.3. The molecule has 3 atom stereocenters. The molecule has 52 heavy (non-hydrogen) atoms. The Bertz CT molecular complexity index is 1450. The fourth-order valence-electron chi connectivity index (χ4n) is 5.96. The fraction of sp³-hybridized carbons (Fsp3) is 0.526. The first-order chi connectivity index (χ1) is 25.0. The number of carbonyl (C=O) groups excluding carboxylic acids is 5. The Morgan fingerprint density at radius 1 is 0.885 bits per heavy atom. The van der Waals surface area contributed by atoms with Crippen molar-refractivity contribution >= 4 is 36.0 Å². The van der Waals surface area contributed by atoms with E-state index in [1.165, 1.54) is 0 Å². The molecule has 3 aliphatic heterocycles. The van der Waals surface area contributed by atoms with Gasteiger partial charge in [-0.15, -0.1) is 0 Å². The van der Waals surface area contributed by atoms with Crippen molar-refractivity contribution in [2.45, 2.75) is 77.5 Å². The Morgan fingerprint density at radius 2 is 1.54 bits per heavy atom. The number of hydrogen-bond donors (Lipinski definition) is 5. The van der Waals surface area contributed by atoms with Crippen LogP contribution in [0.2, 0.25) is 0 Å². The maximum atomic E-state index is 13.7. The van der Waals surface area contributed by atoms with Crippen LogP contribution >= 0.6 is 0 Å². The molecule has 3 aliphatic rings. The lowest BCUT2D eigenvalue weighted by Crippen LogP contribution is -2.57. The van der Waals surface area contributed by atoms with Crippen LogP contribution in [0.25, 0.3) is 0 Å². The van der Waals surface area contributed by atoms with E-state index in [2.05, 4.69) is 26.2 Å². The van der Waals surface area contributed by atoms with Gasteiger partial charge in [-0.05, 0) is 55.4 Å². The second kappa shape index (κ2) is 22.2. The quantitative estimate of drug-likeness (QED) is 0.210. The van der Waals surface area contributed by atoms with Gasteiger partial charge in [-0.2, -0.15) is 0 Å². The second-order valence-electron chi connectivity index (χ2n) is 13.5. The molecule has 0 aliphatic carbocycles. The molecule has 0 saturated carbocycles. The number of amides is 5. The third-order valence-corrected chi connectivity index (χ3v) is 8.84. The van der Waals surface area contributed by atoms with Crippen molar-refractivity contribution in [1.29, 1.82) is 0 Å². The average molecular weight is 723 g/mol. The summed E-state index contributed by atoms with van der Waals surface area (Å²) in [4.78, 5) is 79.4. The summed E-state index contributed by atoms with van der Waals surface area (Å²) in [6.07, 6.45) is 2.27. The molecule has 14 heteroatoms. The van der Waals surface area contributed by atoms with E-state index in [1.807, 2.05) is 61.2 Å². The molecule has 1 saturated heterocycles. The van der Waals surface area contributed by atoms with Crippen LogP contribution in [0, 0.1) is 5.92 Å². The summed E-state index contributed by atoms with van der Waals surface area (Å²) < 4.78 is 5.43. The van der Waals surface area contributed by atoms with E-state index >= 15 is 0 Å². The van der Waals surface area contributed by atoms with Gasteiger partial charge in [0.1, 0.15) is 18.1 Å². The Labute approximate surface area is 306 Å². The third-order valence-electron chi connectivity index (χ3n) is 8.84. The fourth-order valence-corrected chi connectivity index (χ4v) is 5.96. The highest BCUT2D eigenvalue weighted by Gasteiger charge is 2.29. The van der Waals surface area contributed by atoms with Gasteiger partial charge >= 0.3 is 0 Å². The summed E-state index contributed by atoms with van der Waals surface area (Å²) in [5.41, 5.74) is 2.10. The monoisotopic (exact) mass is 722 g/mol. The largest absolute Gasteiger partial charge is 0.483 e. The second-order valence-corrected chi connectivity index (χ2v) is 13.5. The van der Waals surface area contributed by atoms with Crippen LogP contribution < -0.4 is 21.3 Å². The smallest absolute Gasteiger partial charge is 0.290 e. The third kappa shape index (κ3) is 14.4. The number of ether oxygens (including phenoxy) is 1. The van der Waals surface area contributed by atoms with Gasteiger partial charge in [0.15, 0.2) is 0 Å². The summed E-state index contributed by atoms with van der Waals surface area (Å²) in [6, 6.07) is 13.7. The molecule has 2 bridgehead atoms. The van der Waals surface area contributed by atoms with Gasteiger partial charge in [-0.1, -0.05) is 56.3 Å². The number of morpholine rings is 1. The Balaban J connectivity index is 0.00000235. The molecule has 1 fully saturated rings. The number of benzene rings is 2. The van der Waals surface area contributed by atoms with Gasteiger partial charge in [0.05, 0.1) is 13.2 Å². The van der Waals surface area contributed by atoms with Gasteiger partial charge in [0, 0.05) is 57.7 Å². The number of hydrogen-bond acceptors (Lipinski definition) is 8. The molecule has 2 aromatic rings. The van der Waals surface area contributed by atoms with Crippen molar-refractivity contribution in [3.8, 4) is 0 Å². The summed E-state index contributed by atoms with van der Waals surface area (Å²) in [6.45, 7) is 10.1. The molecular weight excluding hydrogens is 668 g/mol. The number of carbonyl (C=O) groups is 6. The number of fused-ring (bicyclic) bond motifs is 18. The van der Waals surface area contributed by atoms with Crippen molar-refractivity contribution in [3.05, 3.63) is 71.3 Å². The van der Waals surface area contributed by atoms with Crippen molar-refractivity contribution in [3.63, 3.8) is 0 Å². The zero-order valence-corrected chi connectivity index (χ0v) is 30.5. The van der Waals surface area contributed by atoms with Gasteiger partial charge in [-0.25, -0.2) is 0 Å². The zero-order valence-electron chi connectivity index (χ0n) is 30.5. The first-order valence-electron chi connectivity index (χ1n) is 18.0. The van der Waals surface area contributed by atoms with Crippen molar-refractivity contribution in [2.24, 2.45) is 5.92 Å². The van der Waals surface area contributed by atoms with E-state index in [0.717, 1.165) is 24.2 Å². The first-order valence-corrected chi connectivity index (χ1v) is 18.0. The van der Waals surface area contributed by atoms with Crippen LogP contribution in [-0.4, -0.2) is 115 Å². The minimum atomic E-state index is -0.966. The minimum absolute atomic E-state index is 0.0396. The molecule has 3 heterocycles. The van der Waals surface area contributed by atoms with E-state index in [9.17, 15) is 24.0 Å². The Morgan fingerprint density at radius 3 is 2.19 bits per heavy atom. The summed E-state index contributed by atoms with van der Waals surface area (Å²) in [7, 11) is 0. The van der Waals surface area contributed by atoms with Crippen LogP contribution in [0.1, 0.15) is 67.9 Å². The maximum Gasteiger partial charge on any atom is 0.290 e. The van der Waals surface area contributed by atoms with Crippen molar-refractivity contribution in [1.82, 2.24) is 31.1 Å². The topological polar surface area (TPSA) is 186 Å². The molecule has 5 rings (SSSR count). The molecule has 0 aromatic heterocycles. The van der Waals surface area contributed by atoms with E-state index in [-0.39, 0.29) is 30.6 Å². The number of nitrogens with one attached hydrogen (secondary N) is 4. The van der Waals surface area contributed by atoms with Crippen LogP contribution in [0.4, 0.5) is 0 Å². The van der Waals surface area contributed by atoms with Gasteiger partial charge < -0.3 is 36.0 Å². The van der Waals surface area contributed by atoms with Crippen LogP contribution in [0.15, 0.2) is 54.6 Å². The lowest BCUT2D eigenvalue weighted by molar-refractivity contribution is -0.133. The maximum absolute atomic E-state index is 13.7. The van der Waals surface area contributed by atoms with E-state index in [4.69, 9.17) is 14.6 Å². The molecular formula is C38H54N6O8. The predicted molar refractivity (Wildman–Crippen MR) is 195 cm³/mol. The lowest BCUT2D eigenvalue weighted by atomic mass is 10.0. The first kappa shape index (κ1) is 41.6. The molecule has 2 aromatic carbocycles. The molecule has 5 amide bonds. The van der Waals surface area contributed by atoms with E-state index in [1.54, 1.807) is 19.1 Å². The molecule has 0 spiro atoms. The van der Waals surface area contributed by atoms with Crippen LogP contribution in [0.3, 0.4) is 0 Å². The van der Waals surface area contributed by atoms with Gasteiger partial charge in [-0.3, -0.25) is 33.7 Å². The number of nitrogens with zero attached hydrogens (tertiary/aromatic N) is 2. The van der Waals surface area contributed by atoms with Gasteiger partial charge in [0.25, 0.3) is 12.4 Å². The van der Waals surface area contributed by atoms with Crippen molar-refractivity contribution < 1.29 is 38.6 Å².